The number of halogens is 1. The van der Waals surface area contributed by atoms with E-state index in [9.17, 15) is 9.18 Å². The highest BCUT2D eigenvalue weighted by Crippen LogP contribution is 2.36. The van der Waals surface area contributed by atoms with Gasteiger partial charge in [0, 0.05) is 45.1 Å². The average molecular weight is 347 g/mol. The van der Waals surface area contributed by atoms with Crippen LogP contribution in [0.1, 0.15) is 18.4 Å². The number of hydrogen-bond acceptors (Lipinski definition) is 4. The largest absolute Gasteiger partial charge is 0.380 e. The van der Waals surface area contributed by atoms with Crippen LogP contribution in [0, 0.1) is 17.8 Å². The molecule has 3 aliphatic heterocycles. The number of piperidine rings is 1. The quantitative estimate of drug-likeness (QED) is 0.836. The van der Waals surface area contributed by atoms with Gasteiger partial charge in [0.05, 0.1) is 19.1 Å². The minimum atomic E-state index is -0.749. The maximum atomic E-state index is 13.4. The third kappa shape index (κ3) is 3.70. The van der Waals surface area contributed by atoms with Gasteiger partial charge in [-0.1, -0.05) is 6.07 Å². The Morgan fingerprint density at radius 2 is 2.12 bits per heavy atom. The van der Waals surface area contributed by atoms with Crippen LogP contribution >= 0.6 is 0 Å². The van der Waals surface area contributed by atoms with Crippen LogP contribution in [0.5, 0.6) is 0 Å². The molecule has 3 aliphatic rings. The van der Waals surface area contributed by atoms with Crippen molar-refractivity contribution in [1.82, 2.24) is 14.8 Å². The second kappa shape index (κ2) is 7.38. The molecule has 3 fully saturated rings. The van der Waals surface area contributed by atoms with Gasteiger partial charge < -0.3 is 9.64 Å². The number of alkyl halides is 1. The monoisotopic (exact) mass is 347 g/mol. The van der Waals surface area contributed by atoms with Crippen molar-refractivity contribution in [3.8, 4) is 0 Å². The molecule has 0 unspecified atom stereocenters. The molecule has 0 N–H and O–H groups in total. The van der Waals surface area contributed by atoms with Crippen molar-refractivity contribution in [2.75, 3.05) is 39.4 Å². The Labute approximate surface area is 148 Å². The molecule has 1 aromatic heterocycles. The molecule has 25 heavy (non-hydrogen) atoms. The van der Waals surface area contributed by atoms with Gasteiger partial charge in [0.25, 0.3) is 0 Å². The molecule has 0 aromatic carbocycles. The lowest BCUT2D eigenvalue weighted by molar-refractivity contribution is -0.145. The van der Waals surface area contributed by atoms with E-state index in [0.29, 0.717) is 44.4 Å². The van der Waals surface area contributed by atoms with Crippen LogP contribution in [-0.4, -0.2) is 66.3 Å². The smallest absolute Gasteiger partial charge is 0.228 e. The maximum absolute atomic E-state index is 13.4. The molecule has 6 heteroatoms. The lowest BCUT2D eigenvalue weighted by Crippen LogP contribution is -2.48. The Bertz CT molecular complexity index is 592. The van der Waals surface area contributed by atoms with Crippen molar-refractivity contribution in [3.63, 3.8) is 0 Å². The molecule has 0 bridgehead atoms. The molecule has 0 saturated carbocycles. The first-order valence-electron chi connectivity index (χ1n) is 9.32. The minimum Gasteiger partial charge on any atom is -0.380 e. The van der Waals surface area contributed by atoms with Gasteiger partial charge in [-0.2, -0.15) is 0 Å². The summed E-state index contributed by atoms with van der Waals surface area (Å²) in [4.78, 5) is 21.4. The molecule has 3 atom stereocenters. The van der Waals surface area contributed by atoms with E-state index >= 15 is 0 Å². The summed E-state index contributed by atoms with van der Waals surface area (Å²) in [6, 6.07) is 4.05. The normalized spacial score (nSPS) is 31.1. The summed E-state index contributed by atoms with van der Waals surface area (Å²) in [5.74, 6) is 0.859. The molecule has 0 radical (unpaired) electrons. The van der Waals surface area contributed by atoms with E-state index in [1.54, 1.807) is 6.20 Å². The molecule has 136 valence electrons. The highest BCUT2D eigenvalue weighted by molar-refractivity contribution is 5.79. The number of likely N-dealkylation sites (tertiary alicyclic amines) is 2. The van der Waals surface area contributed by atoms with E-state index in [4.69, 9.17) is 4.74 Å². The third-order valence-electron chi connectivity index (χ3n) is 5.90. The predicted octanol–water partition coefficient (Wildman–Crippen LogP) is 1.74. The maximum Gasteiger partial charge on any atom is 0.228 e. The fraction of sp³-hybridized carbons (Fsp3) is 0.684. The summed E-state index contributed by atoms with van der Waals surface area (Å²) in [5, 5.41) is 0. The number of hydrogen-bond donors (Lipinski definition) is 0. The molecule has 0 spiro atoms. The van der Waals surface area contributed by atoms with Crippen LogP contribution in [0.4, 0.5) is 4.39 Å². The first-order valence-corrected chi connectivity index (χ1v) is 9.32. The number of nitrogens with zero attached hydrogens (tertiary/aromatic N) is 3. The Balaban J connectivity index is 1.40. The molecule has 1 amide bonds. The molecule has 5 nitrogen and oxygen atoms in total. The number of aromatic nitrogens is 1. The van der Waals surface area contributed by atoms with Crippen LogP contribution < -0.4 is 0 Å². The molecule has 1 aromatic rings. The van der Waals surface area contributed by atoms with Crippen LogP contribution in [-0.2, 0) is 16.1 Å². The Morgan fingerprint density at radius 1 is 1.28 bits per heavy atom. The van der Waals surface area contributed by atoms with E-state index in [1.807, 2.05) is 17.2 Å². The van der Waals surface area contributed by atoms with Crippen LogP contribution in [0.25, 0.3) is 0 Å². The summed E-state index contributed by atoms with van der Waals surface area (Å²) in [6.07, 6.45) is 3.89. The number of amides is 1. The lowest BCUT2D eigenvalue weighted by atomic mass is 9.81. The number of pyridine rings is 1. The van der Waals surface area contributed by atoms with Gasteiger partial charge in [0.2, 0.25) is 5.91 Å². The molecule has 3 saturated heterocycles. The van der Waals surface area contributed by atoms with Crippen LogP contribution in [0.2, 0.25) is 0 Å². The van der Waals surface area contributed by atoms with Crippen molar-refractivity contribution in [2.24, 2.45) is 17.8 Å². The standard InChI is InChI=1S/C19H26FN3O2/c20-16-3-6-23(7-4-16)19(24)18-13-25-12-15-10-22(11-17(15)18)9-14-2-1-5-21-8-14/h1-2,5,8,15-18H,3-4,6-7,9-13H2/t15-,17-,18-/m1/s1. The second-order valence-corrected chi connectivity index (χ2v) is 7.62. The van der Waals surface area contributed by atoms with Gasteiger partial charge in [0.1, 0.15) is 6.17 Å². The number of carbonyl (C=O) groups is 1. The highest BCUT2D eigenvalue weighted by atomic mass is 19.1. The molecular weight excluding hydrogens is 321 g/mol. The average Bonchev–Trinajstić information content (AvgIpc) is 3.05. The predicted molar refractivity (Wildman–Crippen MR) is 91.5 cm³/mol. The minimum absolute atomic E-state index is 0.0752. The third-order valence-corrected chi connectivity index (χ3v) is 5.90. The van der Waals surface area contributed by atoms with E-state index in [1.165, 1.54) is 5.56 Å². The SMILES string of the molecule is O=C([C@@H]1COC[C@H]2CN(Cc3cccnc3)C[C@H]21)N1CCC(F)CC1. The Morgan fingerprint density at radius 3 is 2.88 bits per heavy atom. The number of rotatable bonds is 3. The number of carbonyl (C=O) groups excluding carboxylic acids is 1. The van der Waals surface area contributed by atoms with Crippen LogP contribution in [0.3, 0.4) is 0 Å². The van der Waals surface area contributed by atoms with Crippen molar-refractivity contribution in [2.45, 2.75) is 25.6 Å². The van der Waals surface area contributed by atoms with Gasteiger partial charge in [-0.25, -0.2) is 4.39 Å². The molecule has 0 aliphatic carbocycles. The summed E-state index contributed by atoms with van der Waals surface area (Å²) < 4.78 is 19.1. The van der Waals surface area contributed by atoms with Crippen molar-refractivity contribution >= 4 is 5.91 Å². The van der Waals surface area contributed by atoms with Gasteiger partial charge >= 0.3 is 0 Å². The highest BCUT2D eigenvalue weighted by Gasteiger charge is 2.45. The molecular formula is C19H26FN3O2. The summed E-state index contributed by atoms with van der Waals surface area (Å²) in [6.45, 7) is 5.12. The zero-order chi connectivity index (χ0) is 17.2. The van der Waals surface area contributed by atoms with E-state index in [2.05, 4.69) is 16.0 Å². The van der Waals surface area contributed by atoms with Crippen molar-refractivity contribution in [1.29, 1.82) is 0 Å². The zero-order valence-electron chi connectivity index (χ0n) is 14.5. The van der Waals surface area contributed by atoms with E-state index in [0.717, 1.165) is 26.2 Å². The Kier molecular flexibility index (Phi) is 4.99. The van der Waals surface area contributed by atoms with E-state index < -0.39 is 6.17 Å². The topological polar surface area (TPSA) is 45.7 Å². The second-order valence-electron chi connectivity index (χ2n) is 7.62. The van der Waals surface area contributed by atoms with Crippen LogP contribution in [0.15, 0.2) is 24.5 Å². The fourth-order valence-electron chi connectivity index (χ4n) is 4.53. The first kappa shape index (κ1) is 16.9. The molecule has 4 rings (SSSR count). The first-order chi connectivity index (χ1) is 12.2. The van der Waals surface area contributed by atoms with Crippen molar-refractivity contribution in [3.05, 3.63) is 30.1 Å². The van der Waals surface area contributed by atoms with Gasteiger partial charge in [-0.3, -0.25) is 14.7 Å². The summed E-state index contributed by atoms with van der Waals surface area (Å²) in [5.41, 5.74) is 1.20. The summed E-state index contributed by atoms with van der Waals surface area (Å²) in [7, 11) is 0. The van der Waals surface area contributed by atoms with Gasteiger partial charge in [-0.05, 0) is 36.3 Å². The fourth-order valence-corrected chi connectivity index (χ4v) is 4.53. The molecule has 4 heterocycles. The Hall–Kier alpha value is -1.53. The van der Waals surface area contributed by atoms with Gasteiger partial charge in [-0.15, -0.1) is 0 Å². The number of fused-ring (bicyclic) bond motifs is 1. The van der Waals surface area contributed by atoms with Gasteiger partial charge in [0.15, 0.2) is 0 Å². The van der Waals surface area contributed by atoms with Crippen molar-refractivity contribution < 1.29 is 13.9 Å². The lowest BCUT2D eigenvalue weighted by Gasteiger charge is -2.37. The zero-order valence-corrected chi connectivity index (χ0v) is 14.5. The van der Waals surface area contributed by atoms with E-state index in [-0.39, 0.29) is 11.8 Å². The summed E-state index contributed by atoms with van der Waals surface area (Å²) >= 11 is 0. The number of ether oxygens (including phenoxy) is 1.